The van der Waals surface area contributed by atoms with Gasteiger partial charge in [-0.1, -0.05) is 24.3 Å². The van der Waals surface area contributed by atoms with Crippen molar-refractivity contribution in [2.45, 2.75) is 20.0 Å². The lowest BCUT2D eigenvalue weighted by Crippen LogP contribution is -2.45. The lowest BCUT2D eigenvalue weighted by molar-refractivity contribution is 0.122. The number of aryl methyl sites for hydroxylation is 1. The Balaban J connectivity index is 0.00000140. The number of benzene rings is 2. The Labute approximate surface area is 179 Å². The summed E-state index contributed by atoms with van der Waals surface area (Å²) in [7, 11) is 0. The van der Waals surface area contributed by atoms with Crippen molar-refractivity contribution in [2.24, 2.45) is 0 Å². The Bertz CT molecular complexity index is 911. The summed E-state index contributed by atoms with van der Waals surface area (Å²) < 4.78 is 0. The third kappa shape index (κ3) is 5.36. The zero-order valence-electron chi connectivity index (χ0n) is 16.0. The zero-order valence-corrected chi connectivity index (χ0v) is 17.7. The number of aromatic hydroxyl groups is 1. The molecule has 0 unspecified atom stereocenters. The van der Waals surface area contributed by atoms with E-state index in [1.807, 2.05) is 31.3 Å². The summed E-state index contributed by atoms with van der Waals surface area (Å²) in [6.45, 7) is 8.09. The largest absolute Gasteiger partial charge is 0.508 e. The van der Waals surface area contributed by atoms with E-state index in [0.717, 1.165) is 50.3 Å². The highest BCUT2D eigenvalue weighted by molar-refractivity contribution is 5.85. The third-order valence-electron chi connectivity index (χ3n) is 5.22. The molecule has 1 aliphatic heterocycles. The minimum Gasteiger partial charge on any atom is -0.508 e. The van der Waals surface area contributed by atoms with Gasteiger partial charge in [0.15, 0.2) is 0 Å². The molecule has 28 heavy (non-hydrogen) atoms. The van der Waals surface area contributed by atoms with E-state index in [4.69, 9.17) is 0 Å². The van der Waals surface area contributed by atoms with E-state index < -0.39 is 0 Å². The van der Waals surface area contributed by atoms with Crippen molar-refractivity contribution < 1.29 is 5.11 Å². The quantitative estimate of drug-likeness (QED) is 0.679. The summed E-state index contributed by atoms with van der Waals surface area (Å²) in [6.07, 6.45) is 1.84. The molecule has 4 rings (SSSR count). The van der Waals surface area contributed by atoms with Crippen LogP contribution in [0.4, 0.5) is 0 Å². The van der Waals surface area contributed by atoms with Gasteiger partial charge in [-0.15, -0.1) is 24.8 Å². The first-order valence-electron chi connectivity index (χ1n) is 9.24. The van der Waals surface area contributed by atoms with Crippen LogP contribution in [0.25, 0.3) is 10.9 Å². The molecule has 0 bridgehead atoms. The fourth-order valence-corrected chi connectivity index (χ4v) is 3.60. The van der Waals surface area contributed by atoms with Crippen LogP contribution >= 0.6 is 24.8 Å². The van der Waals surface area contributed by atoms with Crippen molar-refractivity contribution in [3.8, 4) is 5.75 Å². The van der Waals surface area contributed by atoms with Crippen LogP contribution < -0.4 is 0 Å². The minimum atomic E-state index is 0. The fraction of sp³-hybridized carbons (Fsp3) is 0.318. The van der Waals surface area contributed by atoms with Crippen molar-refractivity contribution in [1.29, 1.82) is 0 Å². The van der Waals surface area contributed by atoms with Crippen molar-refractivity contribution >= 4 is 35.7 Å². The van der Waals surface area contributed by atoms with Crippen LogP contribution in [0.5, 0.6) is 5.75 Å². The van der Waals surface area contributed by atoms with Crippen LogP contribution in [-0.4, -0.2) is 46.1 Å². The van der Waals surface area contributed by atoms with Gasteiger partial charge in [-0.3, -0.25) is 14.8 Å². The SMILES string of the molecule is Cc1ccc(CN2CCN(Cc3ccc4ncccc4c3)CC2)cc1O.Cl.Cl. The van der Waals surface area contributed by atoms with Gasteiger partial charge >= 0.3 is 0 Å². The number of halogens is 2. The summed E-state index contributed by atoms with van der Waals surface area (Å²) in [5, 5.41) is 11.1. The minimum absolute atomic E-state index is 0. The van der Waals surface area contributed by atoms with Gasteiger partial charge in [0.05, 0.1) is 5.52 Å². The summed E-state index contributed by atoms with van der Waals surface area (Å²) in [5.74, 6) is 0.395. The molecule has 2 aromatic carbocycles. The van der Waals surface area contributed by atoms with E-state index in [9.17, 15) is 5.11 Å². The van der Waals surface area contributed by atoms with Gasteiger partial charge in [-0.25, -0.2) is 0 Å². The monoisotopic (exact) mass is 419 g/mol. The van der Waals surface area contributed by atoms with Gasteiger partial charge < -0.3 is 5.11 Å². The fourth-order valence-electron chi connectivity index (χ4n) is 3.60. The van der Waals surface area contributed by atoms with Gasteiger partial charge in [-0.2, -0.15) is 0 Å². The van der Waals surface area contributed by atoms with E-state index in [1.165, 1.54) is 16.5 Å². The maximum Gasteiger partial charge on any atom is 0.118 e. The van der Waals surface area contributed by atoms with Gasteiger partial charge in [0.2, 0.25) is 0 Å². The van der Waals surface area contributed by atoms with Crippen LogP contribution in [-0.2, 0) is 13.1 Å². The van der Waals surface area contributed by atoms with Crippen LogP contribution in [0.2, 0.25) is 0 Å². The molecule has 1 aliphatic rings. The highest BCUT2D eigenvalue weighted by Crippen LogP contribution is 2.20. The molecular formula is C22H27Cl2N3O. The van der Waals surface area contributed by atoms with E-state index in [-0.39, 0.29) is 24.8 Å². The molecule has 0 aliphatic carbocycles. The highest BCUT2D eigenvalue weighted by Gasteiger charge is 2.17. The maximum absolute atomic E-state index is 9.88. The topological polar surface area (TPSA) is 39.6 Å². The van der Waals surface area contributed by atoms with Crippen LogP contribution in [0.15, 0.2) is 54.7 Å². The Morgan fingerprint density at radius 3 is 2.11 bits per heavy atom. The first-order valence-corrected chi connectivity index (χ1v) is 9.24. The van der Waals surface area contributed by atoms with Crippen LogP contribution in [0, 0.1) is 6.92 Å². The molecule has 0 radical (unpaired) electrons. The van der Waals surface area contributed by atoms with Crippen molar-refractivity contribution in [2.75, 3.05) is 26.2 Å². The molecule has 3 aromatic rings. The van der Waals surface area contributed by atoms with Crippen molar-refractivity contribution in [3.05, 3.63) is 71.4 Å². The predicted molar refractivity (Wildman–Crippen MR) is 120 cm³/mol. The second-order valence-corrected chi connectivity index (χ2v) is 7.20. The standard InChI is InChI=1S/C22H25N3O.2ClH/c1-17-4-5-19(14-22(17)26)16-25-11-9-24(10-12-25)15-18-6-7-21-20(13-18)3-2-8-23-21;;/h2-8,13-14,26H,9-12,15-16H2,1H3;2*1H. The van der Waals surface area contributed by atoms with Gasteiger partial charge in [0, 0.05) is 50.9 Å². The number of hydrogen-bond donors (Lipinski definition) is 1. The Hall–Kier alpha value is -1.85. The first kappa shape index (κ1) is 22.4. The molecule has 2 heterocycles. The first-order chi connectivity index (χ1) is 12.7. The molecular weight excluding hydrogens is 393 g/mol. The average Bonchev–Trinajstić information content (AvgIpc) is 2.66. The summed E-state index contributed by atoms with van der Waals surface area (Å²) in [4.78, 5) is 9.37. The Morgan fingerprint density at radius 2 is 1.46 bits per heavy atom. The molecule has 0 spiro atoms. The van der Waals surface area contributed by atoms with E-state index in [2.05, 4.69) is 45.1 Å². The maximum atomic E-state index is 9.88. The molecule has 6 heteroatoms. The second kappa shape index (κ2) is 10.1. The molecule has 1 aromatic heterocycles. The molecule has 0 saturated carbocycles. The molecule has 0 amide bonds. The number of phenolic OH excluding ortho intramolecular Hbond substituents is 1. The average molecular weight is 420 g/mol. The summed E-state index contributed by atoms with van der Waals surface area (Å²) >= 11 is 0. The smallest absolute Gasteiger partial charge is 0.118 e. The van der Waals surface area contributed by atoms with Gasteiger partial charge in [0.1, 0.15) is 5.75 Å². The lowest BCUT2D eigenvalue weighted by Gasteiger charge is -2.34. The molecule has 150 valence electrons. The molecule has 4 nitrogen and oxygen atoms in total. The van der Waals surface area contributed by atoms with Crippen LogP contribution in [0.1, 0.15) is 16.7 Å². The zero-order chi connectivity index (χ0) is 17.9. The van der Waals surface area contributed by atoms with E-state index in [0.29, 0.717) is 5.75 Å². The highest BCUT2D eigenvalue weighted by atomic mass is 35.5. The number of piperazine rings is 1. The Morgan fingerprint density at radius 1 is 0.857 bits per heavy atom. The second-order valence-electron chi connectivity index (χ2n) is 7.20. The number of nitrogens with zero attached hydrogens (tertiary/aromatic N) is 3. The Kier molecular flexibility index (Phi) is 8.08. The van der Waals surface area contributed by atoms with E-state index in [1.54, 1.807) is 0 Å². The predicted octanol–water partition coefficient (Wildman–Crippen LogP) is 4.41. The number of fused-ring (bicyclic) bond motifs is 1. The van der Waals surface area contributed by atoms with Crippen molar-refractivity contribution in [3.63, 3.8) is 0 Å². The summed E-state index contributed by atoms with van der Waals surface area (Å²) in [6, 6.07) is 16.7. The molecule has 1 fully saturated rings. The molecule has 0 atom stereocenters. The van der Waals surface area contributed by atoms with Crippen LogP contribution in [0.3, 0.4) is 0 Å². The number of hydrogen-bond acceptors (Lipinski definition) is 4. The van der Waals surface area contributed by atoms with Crippen molar-refractivity contribution in [1.82, 2.24) is 14.8 Å². The van der Waals surface area contributed by atoms with Gasteiger partial charge in [-0.05, 0) is 47.9 Å². The molecule has 1 N–H and O–H groups in total. The number of pyridine rings is 1. The normalized spacial score (nSPS) is 15.0. The molecule has 1 saturated heterocycles. The number of aromatic nitrogens is 1. The lowest BCUT2D eigenvalue weighted by atomic mass is 10.1. The third-order valence-corrected chi connectivity index (χ3v) is 5.22. The summed E-state index contributed by atoms with van der Waals surface area (Å²) in [5.41, 5.74) is 4.53. The number of phenols is 1. The number of rotatable bonds is 4. The van der Waals surface area contributed by atoms with E-state index >= 15 is 0 Å². The van der Waals surface area contributed by atoms with Gasteiger partial charge in [0.25, 0.3) is 0 Å².